The third-order valence-corrected chi connectivity index (χ3v) is 2.50. The zero-order valence-electron chi connectivity index (χ0n) is 9.56. The average Bonchev–Trinajstić information content (AvgIpc) is 2.38. The summed E-state index contributed by atoms with van der Waals surface area (Å²) in [5, 5.41) is 2.60. The summed E-state index contributed by atoms with van der Waals surface area (Å²) in [6, 6.07) is 7.81. The number of nitrogens with two attached hydrogens (primary N) is 1. The minimum atomic E-state index is -0.371. The van der Waals surface area contributed by atoms with Crippen LogP contribution >= 0.6 is 0 Å². The number of hydrogen-bond acceptors (Lipinski definition) is 3. The summed E-state index contributed by atoms with van der Waals surface area (Å²) in [5.41, 5.74) is 6.70. The predicted octanol–water partition coefficient (Wildman–Crippen LogP) is 1.73. The lowest BCUT2D eigenvalue weighted by Crippen LogP contribution is -2.24. The number of amides is 1. The Hall–Kier alpha value is -2.43. The van der Waals surface area contributed by atoms with Crippen LogP contribution in [0.1, 0.15) is 15.9 Å². The van der Waals surface area contributed by atoms with Crippen molar-refractivity contribution in [3.8, 4) is 0 Å². The van der Waals surface area contributed by atoms with Crippen molar-refractivity contribution in [3.05, 3.63) is 59.7 Å². The first-order chi connectivity index (χ1) is 8.68. The highest BCUT2D eigenvalue weighted by atomic mass is 19.1. The van der Waals surface area contributed by atoms with Crippen LogP contribution < -0.4 is 11.1 Å². The van der Waals surface area contributed by atoms with Crippen molar-refractivity contribution in [1.82, 2.24) is 10.3 Å². The topological polar surface area (TPSA) is 68.0 Å². The Labute approximate surface area is 104 Å². The van der Waals surface area contributed by atoms with Gasteiger partial charge < -0.3 is 11.1 Å². The summed E-state index contributed by atoms with van der Waals surface area (Å²) < 4.78 is 13.3. The Balaban J connectivity index is 2.06. The third kappa shape index (κ3) is 2.63. The molecule has 1 aromatic heterocycles. The first-order valence-electron chi connectivity index (χ1n) is 5.39. The molecule has 0 atom stereocenters. The largest absolute Gasteiger partial charge is 0.398 e. The SMILES string of the molecule is Nc1ccncc1C(=O)NCc1ccccc1F. The van der Waals surface area contributed by atoms with Crippen LogP contribution in [0.3, 0.4) is 0 Å². The van der Waals surface area contributed by atoms with Crippen molar-refractivity contribution in [1.29, 1.82) is 0 Å². The molecule has 1 heterocycles. The van der Waals surface area contributed by atoms with E-state index in [1.165, 1.54) is 24.5 Å². The molecule has 2 aromatic rings. The Morgan fingerprint density at radius 1 is 1.33 bits per heavy atom. The molecule has 0 aliphatic heterocycles. The minimum Gasteiger partial charge on any atom is -0.398 e. The van der Waals surface area contributed by atoms with Gasteiger partial charge in [0.2, 0.25) is 0 Å². The first kappa shape index (κ1) is 12.0. The van der Waals surface area contributed by atoms with Crippen molar-refractivity contribution in [3.63, 3.8) is 0 Å². The molecule has 0 aliphatic rings. The second-order valence-electron chi connectivity index (χ2n) is 3.74. The van der Waals surface area contributed by atoms with Crippen molar-refractivity contribution >= 4 is 11.6 Å². The van der Waals surface area contributed by atoms with Crippen molar-refractivity contribution < 1.29 is 9.18 Å². The van der Waals surface area contributed by atoms with Gasteiger partial charge in [0.15, 0.2) is 0 Å². The number of pyridine rings is 1. The molecule has 5 heteroatoms. The van der Waals surface area contributed by atoms with Crippen LogP contribution in [0.4, 0.5) is 10.1 Å². The molecule has 18 heavy (non-hydrogen) atoms. The number of carbonyl (C=O) groups is 1. The van der Waals surface area contributed by atoms with Gasteiger partial charge in [-0.15, -0.1) is 0 Å². The number of benzene rings is 1. The van der Waals surface area contributed by atoms with Crippen molar-refractivity contribution in [2.24, 2.45) is 0 Å². The molecule has 0 unspecified atom stereocenters. The molecule has 1 aromatic carbocycles. The summed E-state index contributed by atoms with van der Waals surface area (Å²) in [7, 11) is 0. The fraction of sp³-hybridized carbons (Fsp3) is 0.0769. The third-order valence-electron chi connectivity index (χ3n) is 2.50. The molecule has 0 saturated heterocycles. The number of anilines is 1. The maximum atomic E-state index is 13.3. The van der Waals surface area contributed by atoms with E-state index >= 15 is 0 Å². The maximum absolute atomic E-state index is 13.3. The van der Waals surface area contributed by atoms with Gasteiger partial charge >= 0.3 is 0 Å². The summed E-state index contributed by atoms with van der Waals surface area (Å²) in [5.74, 6) is -0.721. The molecule has 3 N–H and O–H groups in total. The Morgan fingerprint density at radius 2 is 2.11 bits per heavy atom. The minimum absolute atomic E-state index is 0.111. The van der Waals surface area contributed by atoms with Gasteiger partial charge in [-0.05, 0) is 12.1 Å². The van der Waals surface area contributed by atoms with E-state index in [-0.39, 0.29) is 23.8 Å². The number of carbonyl (C=O) groups excluding carboxylic acids is 1. The number of nitrogen functional groups attached to an aromatic ring is 1. The smallest absolute Gasteiger partial charge is 0.255 e. The van der Waals surface area contributed by atoms with Gasteiger partial charge in [0.1, 0.15) is 5.82 Å². The van der Waals surface area contributed by atoms with Gasteiger partial charge in [0.25, 0.3) is 5.91 Å². The quantitative estimate of drug-likeness (QED) is 0.865. The second-order valence-corrected chi connectivity index (χ2v) is 3.74. The van der Waals surface area contributed by atoms with E-state index in [4.69, 9.17) is 5.73 Å². The molecule has 1 amide bonds. The molecular formula is C13H12FN3O. The summed E-state index contributed by atoms with van der Waals surface area (Å²) >= 11 is 0. The van der Waals surface area contributed by atoms with E-state index < -0.39 is 0 Å². The lowest BCUT2D eigenvalue weighted by atomic mass is 10.2. The number of halogens is 1. The number of aromatic nitrogens is 1. The lowest BCUT2D eigenvalue weighted by Gasteiger charge is -2.07. The molecule has 0 aliphatic carbocycles. The molecule has 2 rings (SSSR count). The molecule has 0 bridgehead atoms. The van der Waals surface area contributed by atoms with E-state index in [2.05, 4.69) is 10.3 Å². The maximum Gasteiger partial charge on any atom is 0.255 e. The zero-order chi connectivity index (χ0) is 13.0. The number of hydrogen-bond donors (Lipinski definition) is 2. The summed E-state index contributed by atoms with van der Waals surface area (Å²) in [6.07, 6.45) is 2.88. The molecule has 92 valence electrons. The highest BCUT2D eigenvalue weighted by Gasteiger charge is 2.09. The van der Waals surface area contributed by atoms with Gasteiger partial charge in [-0.1, -0.05) is 18.2 Å². The normalized spacial score (nSPS) is 10.1. The van der Waals surface area contributed by atoms with Crippen molar-refractivity contribution in [2.45, 2.75) is 6.54 Å². The van der Waals surface area contributed by atoms with Gasteiger partial charge in [-0.25, -0.2) is 4.39 Å². The molecule has 0 radical (unpaired) electrons. The van der Waals surface area contributed by atoms with Crippen LogP contribution in [-0.2, 0) is 6.54 Å². The summed E-state index contributed by atoms with van der Waals surface area (Å²) in [4.78, 5) is 15.6. The van der Waals surface area contributed by atoms with Crippen LogP contribution in [0.2, 0.25) is 0 Å². The fourth-order valence-electron chi connectivity index (χ4n) is 1.51. The standard InChI is InChI=1S/C13H12FN3O/c14-11-4-2-1-3-9(11)7-17-13(18)10-8-16-6-5-12(10)15/h1-6,8H,7H2,(H2,15,16)(H,17,18). The lowest BCUT2D eigenvalue weighted by molar-refractivity contribution is 0.0951. The molecule has 0 saturated carbocycles. The van der Waals surface area contributed by atoms with E-state index in [1.807, 2.05) is 0 Å². The fourth-order valence-corrected chi connectivity index (χ4v) is 1.51. The first-order valence-corrected chi connectivity index (χ1v) is 5.39. The van der Waals surface area contributed by atoms with E-state index in [0.717, 1.165) is 0 Å². The molecule has 0 fully saturated rings. The highest BCUT2D eigenvalue weighted by molar-refractivity contribution is 5.98. The number of nitrogens with one attached hydrogen (secondary N) is 1. The summed E-state index contributed by atoms with van der Waals surface area (Å²) in [6.45, 7) is 0.111. The van der Waals surface area contributed by atoms with E-state index in [9.17, 15) is 9.18 Å². The molecule has 4 nitrogen and oxygen atoms in total. The zero-order valence-corrected chi connectivity index (χ0v) is 9.56. The predicted molar refractivity (Wildman–Crippen MR) is 66.2 cm³/mol. The Kier molecular flexibility index (Phi) is 3.52. The Morgan fingerprint density at radius 3 is 2.83 bits per heavy atom. The van der Waals surface area contributed by atoms with Crippen LogP contribution in [0.15, 0.2) is 42.7 Å². The van der Waals surface area contributed by atoms with Crippen LogP contribution in [-0.4, -0.2) is 10.9 Å². The second kappa shape index (κ2) is 5.27. The van der Waals surface area contributed by atoms with E-state index in [1.54, 1.807) is 18.2 Å². The van der Waals surface area contributed by atoms with Gasteiger partial charge in [0.05, 0.1) is 5.56 Å². The van der Waals surface area contributed by atoms with Gasteiger partial charge in [0, 0.05) is 30.2 Å². The van der Waals surface area contributed by atoms with Gasteiger partial charge in [-0.3, -0.25) is 9.78 Å². The van der Waals surface area contributed by atoms with Crippen LogP contribution in [0, 0.1) is 5.82 Å². The molecular weight excluding hydrogens is 233 g/mol. The van der Waals surface area contributed by atoms with Crippen LogP contribution in [0.25, 0.3) is 0 Å². The monoisotopic (exact) mass is 245 g/mol. The van der Waals surface area contributed by atoms with Crippen molar-refractivity contribution in [2.75, 3.05) is 5.73 Å². The molecule has 0 spiro atoms. The highest BCUT2D eigenvalue weighted by Crippen LogP contribution is 2.10. The number of rotatable bonds is 3. The Bertz CT molecular complexity index is 572. The number of nitrogens with zero attached hydrogens (tertiary/aromatic N) is 1. The average molecular weight is 245 g/mol. The van der Waals surface area contributed by atoms with Crippen LogP contribution in [0.5, 0.6) is 0 Å². The van der Waals surface area contributed by atoms with E-state index in [0.29, 0.717) is 11.3 Å². The van der Waals surface area contributed by atoms with Gasteiger partial charge in [-0.2, -0.15) is 0 Å².